The van der Waals surface area contributed by atoms with Crippen LogP contribution in [0.3, 0.4) is 0 Å². The topological polar surface area (TPSA) is 0 Å². The molecule has 0 aromatic carbocycles. The predicted octanol–water partition coefficient (Wildman–Crippen LogP) is 0.210. The Bertz CT molecular complexity index is 137. The van der Waals surface area contributed by atoms with Crippen molar-refractivity contribution in [2.45, 2.75) is 0 Å². The van der Waals surface area contributed by atoms with Gasteiger partial charge in [-0.05, 0) is 5.92 Å². The fraction of sp³-hybridized carbons (Fsp3) is 0. The maximum atomic E-state index is 6.19. The summed E-state index contributed by atoms with van der Waals surface area (Å²) in [6.07, 6.45) is 10.9. The molecular formula is C6HRu. The third kappa shape index (κ3) is 10.9. The van der Waals surface area contributed by atoms with Gasteiger partial charge in [-0.1, -0.05) is 0 Å². The molecule has 0 spiro atoms. The van der Waals surface area contributed by atoms with Crippen molar-refractivity contribution >= 4 is 0 Å². The fourth-order valence-corrected chi connectivity index (χ4v) is 0.0673. The van der Waals surface area contributed by atoms with Gasteiger partial charge in [-0.15, -0.1) is 12.3 Å². The molecule has 33 valence electrons. The van der Waals surface area contributed by atoms with Crippen molar-refractivity contribution in [3.63, 3.8) is 0 Å². The van der Waals surface area contributed by atoms with Crippen LogP contribution in [0.25, 0.3) is 0 Å². The summed E-state index contributed by atoms with van der Waals surface area (Å²) in [6, 6.07) is 0. The summed E-state index contributed by atoms with van der Waals surface area (Å²) in [6.45, 7) is 0. The molecule has 0 rings (SSSR count). The number of hydrogen-bond acceptors (Lipinski definition) is 0. The molecule has 1 radical (unpaired) electrons. The van der Waals surface area contributed by atoms with E-state index in [2.05, 4.69) is 18.3 Å². The van der Waals surface area contributed by atoms with E-state index in [1.54, 1.807) is 0 Å². The summed E-state index contributed by atoms with van der Waals surface area (Å²) in [5.41, 5.74) is 0. The largest absolute Gasteiger partial charge is 1.00 e. The van der Waals surface area contributed by atoms with Crippen LogP contribution in [-0.4, -0.2) is 0 Å². The summed E-state index contributed by atoms with van der Waals surface area (Å²) in [4.78, 5) is 0. The number of hydrogen-bond donors (Lipinski definition) is 0. The molecule has 0 aliphatic heterocycles. The third-order valence-corrected chi connectivity index (χ3v) is 0.197. The summed E-state index contributed by atoms with van der Waals surface area (Å²) in [5.74, 6) is 8.15. The molecular weight excluding hydrogens is 173 g/mol. The van der Waals surface area contributed by atoms with Crippen molar-refractivity contribution in [2.24, 2.45) is 0 Å². The number of rotatable bonds is 0. The van der Waals surface area contributed by atoms with E-state index in [1.807, 2.05) is 11.8 Å². The summed E-state index contributed by atoms with van der Waals surface area (Å²) in [5, 5.41) is 0. The maximum Gasteiger partial charge on any atom is 1.00 e. The Morgan fingerprint density at radius 3 is 2.00 bits per heavy atom. The summed E-state index contributed by atoms with van der Waals surface area (Å²) in [7, 11) is 0. The van der Waals surface area contributed by atoms with Crippen LogP contribution < -0.4 is 0 Å². The Balaban J connectivity index is 0. The Labute approximate surface area is 56.4 Å². The van der Waals surface area contributed by atoms with Crippen LogP contribution in [0.15, 0.2) is 0 Å². The zero-order chi connectivity index (χ0) is 4.83. The van der Waals surface area contributed by atoms with Crippen LogP contribution in [0.1, 0.15) is 0 Å². The molecule has 0 amide bonds. The van der Waals surface area contributed by atoms with Gasteiger partial charge in [-0.25, -0.2) is 5.92 Å². The Kier molecular flexibility index (Phi) is 12.3. The zero-order valence-electron chi connectivity index (χ0n) is 3.43. The van der Waals surface area contributed by atoms with Gasteiger partial charge in [0.1, 0.15) is 0 Å². The molecule has 0 aliphatic carbocycles. The molecule has 0 nitrogen and oxygen atoms in total. The monoisotopic (exact) mass is 175 g/mol. The van der Waals surface area contributed by atoms with Crippen LogP contribution >= 0.6 is 0 Å². The van der Waals surface area contributed by atoms with Crippen molar-refractivity contribution < 1.29 is 19.5 Å². The quantitative estimate of drug-likeness (QED) is 0.280. The zero-order valence-corrected chi connectivity index (χ0v) is 5.17. The van der Waals surface area contributed by atoms with Crippen LogP contribution in [0.5, 0.6) is 0 Å². The van der Waals surface area contributed by atoms with Gasteiger partial charge >= 0.3 is 19.5 Å². The standard InChI is InChI=1S/C6H.Ru/c1-3-5-6-4-2;/h1H;/q-1;+1. The van der Waals surface area contributed by atoms with Gasteiger partial charge in [-0.3, -0.25) is 5.92 Å². The minimum absolute atomic E-state index is 0. The first-order valence-electron chi connectivity index (χ1n) is 1.29. The molecule has 0 aliphatic rings. The van der Waals surface area contributed by atoms with Crippen molar-refractivity contribution in [3.8, 4) is 30.1 Å². The molecule has 0 fully saturated rings. The molecule has 0 unspecified atom stereocenters. The van der Waals surface area contributed by atoms with Gasteiger partial charge in [-0.2, -0.15) is 0 Å². The van der Waals surface area contributed by atoms with Gasteiger partial charge < -0.3 is 6.42 Å². The smallest absolute Gasteiger partial charge is 0.358 e. The van der Waals surface area contributed by atoms with Crippen LogP contribution in [0, 0.1) is 36.5 Å². The molecule has 0 aromatic rings. The summed E-state index contributed by atoms with van der Waals surface area (Å²) >= 11 is 0. The SMILES string of the molecule is [C-]#CC#CC#C.[Ru+]. The van der Waals surface area contributed by atoms with Crippen molar-refractivity contribution in [1.29, 1.82) is 0 Å². The predicted molar refractivity (Wildman–Crippen MR) is 23.7 cm³/mol. The van der Waals surface area contributed by atoms with E-state index in [0.717, 1.165) is 0 Å². The first kappa shape index (κ1) is 9.57. The second-order valence-corrected chi connectivity index (χ2v) is 0.519. The third-order valence-electron chi connectivity index (χ3n) is 0.197. The molecule has 0 aromatic heterocycles. The summed E-state index contributed by atoms with van der Waals surface area (Å²) < 4.78 is 0. The number of terminal acetylenes is 1. The van der Waals surface area contributed by atoms with Crippen molar-refractivity contribution in [2.75, 3.05) is 0 Å². The van der Waals surface area contributed by atoms with Gasteiger partial charge in [0.05, 0.1) is 0 Å². The van der Waals surface area contributed by atoms with E-state index in [4.69, 9.17) is 6.42 Å². The van der Waals surface area contributed by atoms with Gasteiger partial charge in [0, 0.05) is 0 Å². The van der Waals surface area contributed by atoms with E-state index in [0.29, 0.717) is 0 Å². The first-order valence-corrected chi connectivity index (χ1v) is 1.29. The second-order valence-electron chi connectivity index (χ2n) is 0.519. The normalized spacial score (nSPS) is 2.57. The van der Waals surface area contributed by atoms with Crippen LogP contribution in [0.4, 0.5) is 0 Å². The fourth-order valence-electron chi connectivity index (χ4n) is 0.0673. The van der Waals surface area contributed by atoms with E-state index in [9.17, 15) is 0 Å². The van der Waals surface area contributed by atoms with Gasteiger partial charge in [0.25, 0.3) is 0 Å². The molecule has 0 heterocycles. The molecule has 0 bridgehead atoms. The van der Waals surface area contributed by atoms with Gasteiger partial charge in [0.2, 0.25) is 0 Å². The average Bonchev–Trinajstić information content (AvgIpc) is 1.61. The molecule has 0 saturated heterocycles. The van der Waals surface area contributed by atoms with E-state index in [1.165, 1.54) is 0 Å². The molecule has 1 heteroatoms. The maximum absolute atomic E-state index is 6.19. The average molecular weight is 174 g/mol. The van der Waals surface area contributed by atoms with E-state index >= 15 is 0 Å². The first-order chi connectivity index (χ1) is 2.91. The van der Waals surface area contributed by atoms with E-state index < -0.39 is 0 Å². The Morgan fingerprint density at radius 2 is 1.86 bits per heavy atom. The van der Waals surface area contributed by atoms with E-state index in [-0.39, 0.29) is 19.5 Å². The Hall–Kier alpha value is -0.697. The van der Waals surface area contributed by atoms with Crippen LogP contribution in [0.2, 0.25) is 0 Å². The van der Waals surface area contributed by atoms with Crippen molar-refractivity contribution in [1.82, 2.24) is 0 Å². The molecule has 0 saturated carbocycles. The molecule has 0 N–H and O–H groups in total. The minimum Gasteiger partial charge on any atom is -0.358 e. The second kappa shape index (κ2) is 9.00. The molecule has 7 heavy (non-hydrogen) atoms. The minimum atomic E-state index is 0. The van der Waals surface area contributed by atoms with Gasteiger partial charge in [0.15, 0.2) is 0 Å². The molecule has 0 atom stereocenters. The van der Waals surface area contributed by atoms with Crippen molar-refractivity contribution in [3.05, 3.63) is 6.42 Å². The van der Waals surface area contributed by atoms with Crippen LogP contribution in [-0.2, 0) is 19.5 Å². The Morgan fingerprint density at radius 1 is 1.29 bits per heavy atom.